The van der Waals surface area contributed by atoms with E-state index >= 15 is 0 Å². The quantitative estimate of drug-likeness (QED) is 0.415. The van der Waals surface area contributed by atoms with Crippen molar-refractivity contribution in [1.29, 1.82) is 0 Å². The average molecular weight is 139 g/mol. The van der Waals surface area contributed by atoms with Crippen LogP contribution in [-0.2, 0) is 4.79 Å². The average Bonchev–Trinajstić information content (AvgIpc) is 1.61. The zero-order chi connectivity index (χ0) is 5.70. The van der Waals surface area contributed by atoms with E-state index in [4.69, 9.17) is 0 Å². The molecule has 0 aromatic heterocycles. The number of nitrogens with zero attached hydrogens (tertiary/aromatic N) is 1. The molecular formula is C5H10KNO. The van der Waals surface area contributed by atoms with E-state index in [0.717, 1.165) is 0 Å². The Kier molecular flexibility index (Phi) is 12.4. The molecule has 0 aromatic carbocycles. The number of hydrogen-bond donors (Lipinski definition) is 0. The predicted molar refractivity (Wildman–Crippen MR) is 29.4 cm³/mol. The van der Waals surface area contributed by atoms with Gasteiger partial charge in [-0.1, -0.05) is 0 Å². The molecule has 8 heavy (non-hydrogen) atoms. The topological polar surface area (TPSA) is 31.2 Å². The first-order chi connectivity index (χ1) is 3.27. The maximum Gasteiger partial charge on any atom is 1.00 e. The minimum absolute atomic E-state index is 0. The smallest absolute Gasteiger partial charge is 0.665 e. The zero-order valence-electron chi connectivity index (χ0n) is 5.77. The molecule has 0 rings (SSSR count). The molecule has 0 amide bonds. The summed E-state index contributed by atoms with van der Waals surface area (Å²) in [5.41, 5.74) is 0. The van der Waals surface area contributed by atoms with Gasteiger partial charge in [-0.25, -0.2) is 0 Å². The molecule has 0 saturated carbocycles. The van der Waals surface area contributed by atoms with Gasteiger partial charge >= 0.3 is 51.4 Å². The van der Waals surface area contributed by atoms with Gasteiger partial charge in [-0.3, -0.25) is 0 Å². The summed E-state index contributed by atoms with van der Waals surface area (Å²) in [6, 6.07) is 0. The van der Waals surface area contributed by atoms with E-state index in [1.165, 1.54) is 0 Å². The van der Waals surface area contributed by atoms with Crippen molar-refractivity contribution in [2.45, 2.75) is 13.3 Å². The molecule has 0 heterocycles. The van der Waals surface area contributed by atoms with E-state index in [9.17, 15) is 4.79 Å². The van der Waals surface area contributed by atoms with Crippen LogP contribution in [-0.4, -0.2) is 19.4 Å². The number of rotatable bonds is 3. The summed E-state index contributed by atoms with van der Waals surface area (Å²) in [5, 5.41) is 3.76. The fraction of sp³-hybridized carbons (Fsp3) is 0.800. The molecule has 0 fully saturated rings. The molecule has 0 aliphatic heterocycles. The molecule has 0 radical (unpaired) electrons. The second-order valence-corrected chi connectivity index (χ2v) is 1.49. The van der Waals surface area contributed by atoms with Gasteiger partial charge in [0.25, 0.3) is 0 Å². The van der Waals surface area contributed by atoms with Gasteiger partial charge in [-0.15, -0.1) is 6.54 Å². The number of Topliss-reactive ketones (excluding diaryl/α,β-unsaturated/α-hetero) is 1. The fourth-order valence-corrected chi connectivity index (χ4v) is 0.269. The molecular weight excluding hydrogens is 129 g/mol. The first kappa shape index (κ1) is 12.0. The van der Waals surface area contributed by atoms with Crippen LogP contribution in [0.15, 0.2) is 0 Å². The predicted octanol–water partition coefficient (Wildman–Crippen LogP) is -2.03. The Balaban J connectivity index is 0. The van der Waals surface area contributed by atoms with Crippen LogP contribution in [0.5, 0.6) is 0 Å². The Labute approximate surface area is 92.8 Å². The van der Waals surface area contributed by atoms with Crippen molar-refractivity contribution in [3.05, 3.63) is 5.32 Å². The molecule has 0 unspecified atom stereocenters. The Morgan fingerprint density at radius 3 is 2.25 bits per heavy atom. The minimum atomic E-state index is 0. The molecule has 0 aliphatic rings. The number of carbonyl (C=O) groups is 1. The zero-order valence-corrected chi connectivity index (χ0v) is 8.89. The van der Waals surface area contributed by atoms with Crippen LogP contribution in [0.2, 0.25) is 0 Å². The maximum atomic E-state index is 10.1. The molecule has 0 atom stereocenters. The summed E-state index contributed by atoms with van der Waals surface area (Å²) in [6.07, 6.45) is 0.594. The minimum Gasteiger partial charge on any atom is -0.665 e. The van der Waals surface area contributed by atoms with E-state index in [1.807, 2.05) is 0 Å². The van der Waals surface area contributed by atoms with E-state index in [2.05, 4.69) is 5.32 Å². The van der Waals surface area contributed by atoms with Crippen LogP contribution < -0.4 is 51.4 Å². The van der Waals surface area contributed by atoms with Gasteiger partial charge in [0.1, 0.15) is 5.78 Å². The largest absolute Gasteiger partial charge is 1.00 e. The van der Waals surface area contributed by atoms with Gasteiger partial charge < -0.3 is 10.1 Å². The Bertz CT molecular complexity index is 65.4. The molecule has 0 saturated heterocycles. The Morgan fingerprint density at radius 2 is 2.12 bits per heavy atom. The molecule has 42 valence electrons. The van der Waals surface area contributed by atoms with Crippen molar-refractivity contribution in [3.8, 4) is 0 Å². The van der Waals surface area contributed by atoms with E-state index < -0.39 is 0 Å². The molecule has 0 bridgehead atoms. The summed E-state index contributed by atoms with van der Waals surface area (Å²) < 4.78 is 0. The second kappa shape index (κ2) is 8.27. The molecule has 3 heteroatoms. The third-order valence-electron chi connectivity index (χ3n) is 0.687. The van der Waals surface area contributed by atoms with Crippen LogP contribution in [0.1, 0.15) is 13.3 Å². The molecule has 0 aliphatic carbocycles. The standard InChI is InChI=1S/C5H10NO.K/c1-5(7)3-4-6-2;/h3-4H2,1-2H3;/q-1;+1. The van der Waals surface area contributed by atoms with Crippen molar-refractivity contribution in [2.24, 2.45) is 0 Å². The van der Waals surface area contributed by atoms with Gasteiger partial charge in [0.05, 0.1) is 0 Å². The summed E-state index contributed by atoms with van der Waals surface area (Å²) in [7, 11) is 1.71. The molecule has 0 aromatic rings. The number of hydrogen-bond acceptors (Lipinski definition) is 1. The van der Waals surface area contributed by atoms with Crippen molar-refractivity contribution in [3.63, 3.8) is 0 Å². The maximum absolute atomic E-state index is 10.1. The summed E-state index contributed by atoms with van der Waals surface area (Å²) >= 11 is 0. The normalized spacial score (nSPS) is 7.75. The van der Waals surface area contributed by atoms with Crippen molar-refractivity contribution >= 4 is 5.78 Å². The van der Waals surface area contributed by atoms with Gasteiger partial charge in [0, 0.05) is 0 Å². The van der Waals surface area contributed by atoms with Crippen LogP contribution in [0.3, 0.4) is 0 Å². The monoisotopic (exact) mass is 139 g/mol. The summed E-state index contributed by atoms with van der Waals surface area (Å²) in [6.45, 7) is 2.25. The number of carbonyl (C=O) groups excluding carboxylic acids is 1. The fourth-order valence-electron chi connectivity index (χ4n) is 0.269. The SMILES string of the molecule is C[N-]CCC(C)=O.[K+]. The van der Waals surface area contributed by atoms with Crippen LogP contribution in [0.4, 0.5) is 0 Å². The van der Waals surface area contributed by atoms with E-state index in [-0.39, 0.29) is 57.2 Å². The van der Waals surface area contributed by atoms with Crippen LogP contribution >= 0.6 is 0 Å². The van der Waals surface area contributed by atoms with Crippen LogP contribution in [0, 0.1) is 0 Å². The van der Waals surface area contributed by atoms with Gasteiger partial charge in [-0.05, 0) is 13.3 Å². The molecule has 2 nitrogen and oxygen atoms in total. The number of ketones is 1. The van der Waals surface area contributed by atoms with Crippen molar-refractivity contribution < 1.29 is 56.2 Å². The Hall–Kier alpha value is 1.27. The van der Waals surface area contributed by atoms with Gasteiger partial charge in [0.2, 0.25) is 0 Å². The van der Waals surface area contributed by atoms with Crippen molar-refractivity contribution in [2.75, 3.05) is 13.6 Å². The first-order valence-electron chi connectivity index (χ1n) is 2.32. The third-order valence-corrected chi connectivity index (χ3v) is 0.687. The molecule has 0 spiro atoms. The Morgan fingerprint density at radius 1 is 1.62 bits per heavy atom. The first-order valence-corrected chi connectivity index (χ1v) is 2.32. The van der Waals surface area contributed by atoms with Crippen molar-refractivity contribution in [1.82, 2.24) is 0 Å². The van der Waals surface area contributed by atoms with Crippen LogP contribution in [0.25, 0.3) is 5.32 Å². The summed E-state index contributed by atoms with van der Waals surface area (Å²) in [5.74, 6) is 0.214. The molecule has 0 N–H and O–H groups in total. The van der Waals surface area contributed by atoms with E-state index in [0.29, 0.717) is 13.0 Å². The van der Waals surface area contributed by atoms with E-state index in [1.54, 1.807) is 14.0 Å². The third kappa shape index (κ3) is 10.3. The van der Waals surface area contributed by atoms with Gasteiger partial charge in [-0.2, -0.15) is 7.05 Å². The second-order valence-electron chi connectivity index (χ2n) is 1.49. The van der Waals surface area contributed by atoms with Gasteiger partial charge in [0.15, 0.2) is 0 Å². The summed E-state index contributed by atoms with van der Waals surface area (Å²) in [4.78, 5) is 10.1.